The van der Waals surface area contributed by atoms with Gasteiger partial charge in [0.15, 0.2) is 0 Å². The van der Waals surface area contributed by atoms with Gasteiger partial charge in [-0.05, 0) is 23.8 Å². The van der Waals surface area contributed by atoms with Gasteiger partial charge in [-0.3, -0.25) is 9.69 Å². The molecular weight excluding hydrogens is 238 g/mol. The molecule has 0 aromatic heterocycles. The van der Waals surface area contributed by atoms with Gasteiger partial charge in [-0.15, -0.1) is 0 Å². The highest BCUT2D eigenvalue weighted by atomic mass is 16.4. The summed E-state index contributed by atoms with van der Waals surface area (Å²) in [6.45, 7) is 6.78. The van der Waals surface area contributed by atoms with Gasteiger partial charge in [0.1, 0.15) is 0 Å². The predicted molar refractivity (Wildman–Crippen MR) is 75.8 cm³/mol. The molecule has 104 valence electrons. The first-order valence-corrected chi connectivity index (χ1v) is 7.05. The van der Waals surface area contributed by atoms with Crippen molar-refractivity contribution < 1.29 is 9.90 Å². The van der Waals surface area contributed by atoms with Crippen LogP contribution in [0.3, 0.4) is 0 Å². The summed E-state index contributed by atoms with van der Waals surface area (Å²) in [6.07, 6.45) is 1.00. The molecule has 3 heteroatoms. The Morgan fingerprint density at radius 1 is 1.32 bits per heavy atom. The molecule has 1 N–H and O–H groups in total. The molecule has 0 unspecified atom stereocenters. The highest BCUT2D eigenvalue weighted by Crippen LogP contribution is 2.30. The molecule has 0 aliphatic carbocycles. The summed E-state index contributed by atoms with van der Waals surface area (Å²) in [5.74, 6) is 0.0112. The van der Waals surface area contributed by atoms with E-state index >= 15 is 0 Å². The van der Waals surface area contributed by atoms with Gasteiger partial charge in [-0.25, -0.2) is 0 Å². The summed E-state index contributed by atoms with van der Waals surface area (Å²) in [7, 11) is 0. The van der Waals surface area contributed by atoms with E-state index in [1.54, 1.807) is 0 Å². The van der Waals surface area contributed by atoms with Crippen LogP contribution in [0.15, 0.2) is 30.3 Å². The molecular formula is C16H23NO2. The van der Waals surface area contributed by atoms with E-state index in [1.165, 1.54) is 5.56 Å². The van der Waals surface area contributed by atoms with E-state index in [-0.39, 0.29) is 5.92 Å². The van der Waals surface area contributed by atoms with E-state index in [0.717, 1.165) is 19.5 Å². The van der Waals surface area contributed by atoms with E-state index in [4.69, 9.17) is 0 Å². The van der Waals surface area contributed by atoms with Crippen molar-refractivity contribution in [2.75, 3.05) is 13.1 Å². The van der Waals surface area contributed by atoms with Gasteiger partial charge >= 0.3 is 5.97 Å². The smallest absolute Gasteiger partial charge is 0.308 e. The molecule has 0 spiro atoms. The Bertz CT molecular complexity index is 416. The van der Waals surface area contributed by atoms with Crippen molar-refractivity contribution in [3.63, 3.8) is 0 Å². The van der Waals surface area contributed by atoms with Gasteiger partial charge in [-0.1, -0.05) is 44.2 Å². The Balaban J connectivity index is 1.99. The first-order valence-electron chi connectivity index (χ1n) is 7.05. The van der Waals surface area contributed by atoms with E-state index in [2.05, 4.69) is 30.9 Å². The minimum Gasteiger partial charge on any atom is -0.481 e. The zero-order chi connectivity index (χ0) is 13.8. The van der Waals surface area contributed by atoms with Crippen LogP contribution in [-0.4, -0.2) is 29.1 Å². The van der Waals surface area contributed by atoms with Crippen LogP contribution >= 0.6 is 0 Å². The highest BCUT2D eigenvalue weighted by molar-refractivity contribution is 5.71. The van der Waals surface area contributed by atoms with E-state index in [0.29, 0.717) is 18.4 Å². The van der Waals surface area contributed by atoms with Crippen molar-refractivity contribution in [2.45, 2.75) is 26.8 Å². The van der Waals surface area contributed by atoms with Crippen molar-refractivity contribution >= 4 is 5.97 Å². The monoisotopic (exact) mass is 261 g/mol. The van der Waals surface area contributed by atoms with Gasteiger partial charge in [0.25, 0.3) is 0 Å². The van der Waals surface area contributed by atoms with Crippen molar-refractivity contribution in [1.29, 1.82) is 0 Å². The van der Waals surface area contributed by atoms with Crippen LogP contribution in [-0.2, 0) is 11.3 Å². The second-order valence-electron chi connectivity index (χ2n) is 6.01. The first kappa shape index (κ1) is 14.1. The van der Waals surface area contributed by atoms with Crippen molar-refractivity contribution in [3.8, 4) is 0 Å². The average molecular weight is 261 g/mol. The Kier molecular flexibility index (Phi) is 4.59. The summed E-state index contributed by atoms with van der Waals surface area (Å²) in [5, 5.41) is 9.35. The zero-order valence-corrected chi connectivity index (χ0v) is 11.7. The van der Waals surface area contributed by atoms with Crippen molar-refractivity contribution in [3.05, 3.63) is 35.9 Å². The zero-order valence-electron chi connectivity index (χ0n) is 11.7. The number of nitrogens with zero attached hydrogens (tertiary/aromatic N) is 1. The lowest BCUT2D eigenvalue weighted by Gasteiger charge is -2.17. The van der Waals surface area contributed by atoms with Crippen molar-refractivity contribution in [1.82, 2.24) is 4.90 Å². The fraction of sp³-hybridized carbons (Fsp3) is 0.562. The lowest BCUT2D eigenvalue weighted by Crippen LogP contribution is -2.23. The summed E-state index contributed by atoms with van der Waals surface area (Å²) in [4.78, 5) is 13.6. The molecule has 0 amide bonds. The summed E-state index contributed by atoms with van der Waals surface area (Å²) >= 11 is 0. The minimum atomic E-state index is -0.638. The van der Waals surface area contributed by atoms with Crippen LogP contribution in [0.5, 0.6) is 0 Å². The SMILES string of the molecule is CC(C)C[C@H]1CN(Cc2ccccc2)C[C@@H]1C(=O)O. The summed E-state index contributed by atoms with van der Waals surface area (Å²) in [5.41, 5.74) is 1.26. The third-order valence-electron chi connectivity index (χ3n) is 3.86. The topological polar surface area (TPSA) is 40.5 Å². The van der Waals surface area contributed by atoms with Gasteiger partial charge in [0.05, 0.1) is 5.92 Å². The first-order chi connectivity index (χ1) is 9.06. The number of benzene rings is 1. The van der Waals surface area contributed by atoms with Crippen LogP contribution in [0.1, 0.15) is 25.8 Å². The largest absolute Gasteiger partial charge is 0.481 e. The molecule has 1 fully saturated rings. The molecule has 0 bridgehead atoms. The number of hydrogen-bond donors (Lipinski definition) is 1. The lowest BCUT2D eigenvalue weighted by atomic mass is 9.88. The molecule has 1 aromatic rings. The van der Waals surface area contributed by atoms with Crippen LogP contribution < -0.4 is 0 Å². The van der Waals surface area contributed by atoms with Crippen LogP contribution in [0.2, 0.25) is 0 Å². The van der Waals surface area contributed by atoms with Crippen molar-refractivity contribution in [2.24, 2.45) is 17.8 Å². The van der Waals surface area contributed by atoms with Gasteiger partial charge < -0.3 is 5.11 Å². The quantitative estimate of drug-likeness (QED) is 0.886. The molecule has 1 aliphatic rings. The Hall–Kier alpha value is -1.35. The minimum absolute atomic E-state index is 0.203. The number of carbonyl (C=O) groups is 1. The third-order valence-corrected chi connectivity index (χ3v) is 3.86. The Morgan fingerprint density at radius 3 is 2.58 bits per heavy atom. The van der Waals surface area contributed by atoms with E-state index in [9.17, 15) is 9.90 Å². The van der Waals surface area contributed by atoms with Gasteiger partial charge in [-0.2, -0.15) is 0 Å². The number of rotatable bonds is 5. The number of hydrogen-bond acceptors (Lipinski definition) is 2. The standard InChI is InChI=1S/C16H23NO2/c1-12(2)8-14-10-17(11-15(14)16(18)19)9-13-6-4-3-5-7-13/h3-7,12,14-15H,8-11H2,1-2H3,(H,18,19)/t14-,15-/m0/s1. The van der Waals surface area contributed by atoms with Crippen LogP contribution in [0.25, 0.3) is 0 Å². The van der Waals surface area contributed by atoms with Crippen LogP contribution in [0.4, 0.5) is 0 Å². The van der Waals surface area contributed by atoms with Crippen LogP contribution in [0, 0.1) is 17.8 Å². The molecule has 2 atom stereocenters. The summed E-state index contributed by atoms with van der Waals surface area (Å²) < 4.78 is 0. The molecule has 1 aliphatic heterocycles. The highest BCUT2D eigenvalue weighted by Gasteiger charge is 2.37. The Morgan fingerprint density at radius 2 is 2.00 bits per heavy atom. The molecule has 19 heavy (non-hydrogen) atoms. The second-order valence-corrected chi connectivity index (χ2v) is 6.01. The molecule has 2 rings (SSSR count). The average Bonchev–Trinajstić information content (AvgIpc) is 2.72. The summed E-state index contributed by atoms with van der Waals surface area (Å²) in [6, 6.07) is 10.3. The fourth-order valence-electron chi connectivity index (χ4n) is 3.06. The van der Waals surface area contributed by atoms with E-state index < -0.39 is 5.97 Å². The molecule has 0 saturated carbocycles. The normalized spacial score (nSPS) is 23.9. The Labute approximate surface area is 115 Å². The fourth-order valence-corrected chi connectivity index (χ4v) is 3.06. The molecule has 1 aromatic carbocycles. The van der Waals surface area contributed by atoms with Gasteiger partial charge in [0.2, 0.25) is 0 Å². The third kappa shape index (κ3) is 3.80. The molecule has 1 heterocycles. The molecule has 3 nitrogen and oxygen atoms in total. The maximum Gasteiger partial charge on any atom is 0.308 e. The number of carboxylic acid groups (broad SMARTS) is 1. The van der Waals surface area contributed by atoms with E-state index in [1.807, 2.05) is 18.2 Å². The predicted octanol–water partition coefficient (Wildman–Crippen LogP) is 2.87. The molecule has 1 saturated heterocycles. The molecule has 0 radical (unpaired) electrons. The number of aliphatic carboxylic acids is 1. The number of carboxylic acids is 1. The maximum absolute atomic E-state index is 11.4. The number of likely N-dealkylation sites (tertiary alicyclic amines) is 1. The maximum atomic E-state index is 11.4. The van der Waals surface area contributed by atoms with Gasteiger partial charge in [0, 0.05) is 19.6 Å². The second kappa shape index (κ2) is 6.20. The lowest BCUT2D eigenvalue weighted by molar-refractivity contribution is -0.142.